The zero-order valence-electron chi connectivity index (χ0n) is 18.4. The predicted octanol–water partition coefficient (Wildman–Crippen LogP) is 6.91. The van der Waals surface area contributed by atoms with Crippen molar-refractivity contribution in [1.29, 1.82) is 5.26 Å². The zero-order chi connectivity index (χ0) is 22.9. The van der Waals surface area contributed by atoms with Gasteiger partial charge in [0, 0.05) is 23.8 Å². The molecule has 3 aromatic rings. The first-order valence-electron chi connectivity index (χ1n) is 11.3. The van der Waals surface area contributed by atoms with Crippen molar-refractivity contribution in [1.82, 2.24) is 14.5 Å². The molecule has 0 radical (unpaired) electrons. The Morgan fingerprint density at radius 1 is 1.22 bits per heavy atom. The third-order valence-corrected chi connectivity index (χ3v) is 6.57. The molecule has 1 saturated carbocycles. The number of halogens is 3. The topological polar surface area (TPSA) is 54.5 Å². The Morgan fingerprint density at radius 2 is 2.00 bits per heavy atom. The number of aromatic nitrogens is 3. The highest BCUT2D eigenvalue weighted by molar-refractivity contribution is 5.92. The lowest BCUT2D eigenvalue weighted by Crippen LogP contribution is -2.22. The van der Waals surface area contributed by atoms with Crippen LogP contribution in [0.1, 0.15) is 68.2 Å². The van der Waals surface area contributed by atoms with Gasteiger partial charge >= 0.3 is 6.18 Å². The molecular weight excluding hydrogens is 413 g/mol. The molecule has 0 N–H and O–H groups in total. The van der Waals surface area contributed by atoms with E-state index in [9.17, 15) is 18.4 Å². The minimum atomic E-state index is -4.13. The molecule has 1 aliphatic carbocycles. The van der Waals surface area contributed by atoms with Gasteiger partial charge in [-0.15, -0.1) is 0 Å². The average Bonchev–Trinajstić information content (AvgIpc) is 3.02. The zero-order valence-corrected chi connectivity index (χ0v) is 18.4. The maximum Gasteiger partial charge on any atom is 0.391 e. The number of fused-ring (bicyclic) bond motifs is 1. The molecular formula is C25H27F3N4. The molecule has 0 bridgehead atoms. The summed E-state index contributed by atoms with van der Waals surface area (Å²) in [5.74, 6) is -1.25. The van der Waals surface area contributed by atoms with E-state index in [0.29, 0.717) is 30.1 Å². The lowest BCUT2D eigenvalue weighted by molar-refractivity contribution is -0.177. The summed E-state index contributed by atoms with van der Waals surface area (Å²) in [6, 6.07) is 8.46. The van der Waals surface area contributed by atoms with Gasteiger partial charge in [-0.1, -0.05) is 13.0 Å². The molecule has 0 spiro atoms. The Bertz CT molecular complexity index is 1140. The van der Waals surface area contributed by atoms with Crippen LogP contribution in [0, 0.1) is 24.2 Å². The van der Waals surface area contributed by atoms with Gasteiger partial charge in [-0.05, 0) is 75.1 Å². The molecule has 4 rings (SSSR count). The third-order valence-electron chi connectivity index (χ3n) is 6.57. The van der Waals surface area contributed by atoms with Gasteiger partial charge < -0.3 is 4.57 Å². The van der Waals surface area contributed by atoms with Gasteiger partial charge in [0.05, 0.1) is 22.9 Å². The molecule has 0 amide bonds. The van der Waals surface area contributed by atoms with Crippen LogP contribution in [0.2, 0.25) is 0 Å². The molecule has 168 valence electrons. The van der Waals surface area contributed by atoms with Gasteiger partial charge in [0.2, 0.25) is 0 Å². The summed E-state index contributed by atoms with van der Waals surface area (Å²) in [6.45, 7) is 3.54. The van der Waals surface area contributed by atoms with Crippen LogP contribution in [-0.4, -0.2) is 20.7 Å². The van der Waals surface area contributed by atoms with E-state index < -0.39 is 12.1 Å². The summed E-state index contributed by atoms with van der Waals surface area (Å²) in [5, 5.41) is 10.8. The monoisotopic (exact) mass is 440 g/mol. The van der Waals surface area contributed by atoms with Gasteiger partial charge in [0.25, 0.3) is 0 Å². The standard InChI is InChI=1S/C25H27F3N4/c1-3-18(25(26,27)28)7-4-6-17-10-11-22(30-15-17)23-21(13-29)20-12-16(2)14-31-24(20)32(23)19-8-5-9-19/h10-12,14-15,18-19H,3-9H2,1-2H3. The molecule has 3 aromatic heterocycles. The van der Waals surface area contributed by atoms with Crippen molar-refractivity contribution in [3.05, 3.63) is 47.3 Å². The average molecular weight is 441 g/mol. The van der Waals surface area contributed by atoms with Crippen LogP contribution in [0.15, 0.2) is 30.6 Å². The fourth-order valence-corrected chi connectivity index (χ4v) is 4.52. The van der Waals surface area contributed by atoms with Gasteiger partial charge in [0.1, 0.15) is 11.7 Å². The number of nitrogens with zero attached hydrogens (tertiary/aromatic N) is 4. The van der Waals surface area contributed by atoms with Crippen molar-refractivity contribution in [2.75, 3.05) is 0 Å². The first-order chi connectivity index (χ1) is 15.3. The van der Waals surface area contributed by atoms with Crippen LogP contribution in [0.4, 0.5) is 13.2 Å². The molecule has 1 aliphatic rings. The predicted molar refractivity (Wildman–Crippen MR) is 118 cm³/mol. The minimum absolute atomic E-state index is 0.108. The van der Waals surface area contributed by atoms with Crippen LogP contribution in [0.5, 0.6) is 0 Å². The fourth-order valence-electron chi connectivity index (χ4n) is 4.52. The van der Waals surface area contributed by atoms with Crippen molar-refractivity contribution in [2.45, 2.75) is 71.0 Å². The Kier molecular flexibility index (Phi) is 6.23. The van der Waals surface area contributed by atoms with E-state index in [2.05, 4.69) is 20.6 Å². The van der Waals surface area contributed by atoms with Gasteiger partial charge in [-0.2, -0.15) is 18.4 Å². The largest absolute Gasteiger partial charge is 0.391 e. The number of rotatable bonds is 7. The van der Waals surface area contributed by atoms with Crippen LogP contribution < -0.4 is 0 Å². The van der Waals surface area contributed by atoms with E-state index in [1.807, 2.05) is 31.3 Å². The highest BCUT2D eigenvalue weighted by Crippen LogP contribution is 2.41. The fraction of sp³-hybridized carbons (Fsp3) is 0.480. The summed E-state index contributed by atoms with van der Waals surface area (Å²) >= 11 is 0. The quantitative estimate of drug-likeness (QED) is 0.401. The van der Waals surface area contributed by atoms with Gasteiger partial charge in [-0.25, -0.2) is 4.98 Å². The van der Waals surface area contributed by atoms with Crippen LogP contribution in [-0.2, 0) is 6.42 Å². The number of alkyl halides is 3. The lowest BCUT2D eigenvalue weighted by Gasteiger charge is -2.29. The molecule has 1 unspecified atom stereocenters. The molecule has 4 nitrogen and oxygen atoms in total. The van der Waals surface area contributed by atoms with E-state index in [-0.39, 0.29) is 12.8 Å². The number of hydrogen-bond donors (Lipinski definition) is 0. The van der Waals surface area contributed by atoms with Crippen molar-refractivity contribution in [3.63, 3.8) is 0 Å². The number of hydrogen-bond acceptors (Lipinski definition) is 3. The number of aryl methyl sites for hydroxylation is 2. The van der Waals surface area contributed by atoms with E-state index >= 15 is 0 Å². The minimum Gasteiger partial charge on any atom is -0.320 e. The van der Waals surface area contributed by atoms with Gasteiger partial charge in [-0.3, -0.25) is 4.98 Å². The van der Waals surface area contributed by atoms with Crippen molar-refractivity contribution in [2.24, 2.45) is 5.92 Å². The molecule has 1 fully saturated rings. The van der Waals surface area contributed by atoms with Crippen molar-refractivity contribution < 1.29 is 13.2 Å². The summed E-state index contributed by atoms with van der Waals surface area (Å²) in [6.07, 6.45) is 3.92. The molecule has 1 atom stereocenters. The molecule has 7 heteroatoms. The molecule has 32 heavy (non-hydrogen) atoms. The Morgan fingerprint density at radius 3 is 2.56 bits per heavy atom. The first-order valence-corrected chi connectivity index (χ1v) is 11.3. The molecule has 0 aromatic carbocycles. The van der Waals surface area contributed by atoms with E-state index in [0.717, 1.165) is 47.1 Å². The van der Waals surface area contributed by atoms with Crippen molar-refractivity contribution in [3.8, 4) is 17.5 Å². The van der Waals surface area contributed by atoms with Crippen LogP contribution in [0.3, 0.4) is 0 Å². The maximum absolute atomic E-state index is 13.0. The van der Waals surface area contributed by atoms with E-state index in [1.54, 1.807) is 13.1 Å². The Labute approximate surface area is 186 Å². The third kappa shape index (κ3) is 4.23. The summed E-state index contributed by atoms with van der Waals surface area (Å²) in [7, 11) is 0. The van der Waals surface area contributed by atoms with Crippen LogP contribution >= 0.6 is 0 Å². The van der Waals surface area contributed by atoms with Gasteiger partial charge in [0.15, 0.2) is 0 Å². The summed E-state index contributed by atoms with van der Waals surface area (Å²) < 4.78 is 41.0. The SMILES string of the molecule is CCC(CCCc1ccc(-c2c(C#N)c3cc(C)cnc3n2C2CCC2)nc1)C(F)(F)F. The van der Waals surface area contributed by atoms with E-state index in [1.165, 1.54) is 0 Å². The number of pyridine rings is 2. The van der Waals surface area contributed by atoms with Crippen molar-refractivity contribution >= 4 is 11.0 Å². The first kappa shape index (κ1) is 22.3. The van der Waals surface area contributed by atoms with Crippen LogP contribution in [0.25, 0.3) is 22.4 Å². The Hall–Kier alpha value is -2.88. The summed E-state index contributed by atoms with van der Waals surface area (Å²) in [4.78, 5) is 9.25. The smallest absolute Gasteiger partial charge is 0.320 e. The number of nitriles is 1. The lowest BCUT2D eigenvalue weighted by atomic mass is 9.92. The normalized spacial score (nSPS) is 15.5. The second kappa shape index (κ2) is 8.93. The molecule has 0 saturated heterocycles. The second-order valence-electron chi connectivity index (χ2n) is 8.76. The maximum atomic E-state index is 13.0. The molecule has 0 aliphatic heterocycles. The molecule has 3 heterocycles. The second-order valence-corrected chi connectivity index (χ2v) is 8.76. The highest BCUT2D eigenvalue weighted by atomic mass is 19.4. The summed E-state index contributed by atoms with van der Waals surface area (Å²) in [5.41, 5.74) is 4.80. The Balaban J connectivity index is 1.62. The highest BCUT2D eigenvalue weighted by Gasteiger charge is 2.37. The van der Waals surface area contributed by atoms with E-state index in [4.69, 9.17) is 0 Å².